The fraction of sp³-hybridized carbons (Fsp3) is 0.579. The Labute approximate surface area is 143 Å². The van der Waals surface area contributed by atoms with E-state index in [0.717, 1.165) is 37.1 Å². The van der Waals surface area contributed by atoms with Crippen LogP contribution in [0.25, 0.3) is 0 Å². The van der Waals surface area contributed by atoms with E-state index < -0.39 is 0 Å². The van der Waals surface area contributed by atoms with E-state index in [1.54, 1.807) is 0 Å². The van der Waals surface area contributed by atoms with Gasteiger partial charge in [0.25, 0.3) is 0 Å². The molecule has 0 aromatic heterocycles. The van der Waals surface area contributed by atoms with Gasteiger partial charge >= 0.3 is 0 Å². The molecule has 2 amide bonds. The van der Waals surface area contributed by atoms with Crippen molar-refractivity contribution in [2.45, 2.75) is 57.4 Å². The molecular formula is C19H27N3O2. The van der Waals surface area contributed by atoms with Crippen molar-refractivity contribution < 1.29 is 9.59 Å². The molecule has 2 saturated carbocycles. The molecule has 2 aliphatic rings. The van der Waals surface area contributed by atoms with Gasteiger partial charge in [-0.05, 0) is 37.8 Å². The molecule has 5 heteroatoms. The van der Waals surface area contributed by atoms with Gasteiger partial charge in [0.05, 0.1) is 17.9 Å². The van der Waals surface area contributed by atoms with Crippen molar-refractivity contribution in [2.75, 3.05) is 17.2 Å². The number of hydrogen-bond acceptors (Lipinski definition) is 3. The Kier molecular flexibility index (Phi) is 5.72. The lowest BCUT2D eigenvalue weighted by Crippen LogP contribution is -2.36. The number of nitrogens with one attached hydrogen (secondary N) is 3. The first-order valence-corrected chi connectivity index (χ1v) is 9.15. The lowest BCUT2D eigenvalue weighted by atomic mass is 10.1. The molecule has 5 nitrogen and oxygen atoms in total. The topological polar surface area (TPSA) is 70.2 Å². The number of benzene rings is 1. The first-order chi connectivity index (χ1) is 11.7. The molecule has 0 atom stereocenters. The molecule has 0 heterocycles. The molecule has 0 saturated heterocycles. The van der Waals surface area contributed by atoms with Gasteiger partial charge in [-0.1, -0.05) is 37.8 Å². The molecule has 0 radical (unpaired) electrons. The summed E-state index contributed by atoms with van der Waals surface area (Å²) in [5, 5.41) is 9.20. The van der Waals surface area contributed by atoms with E-state index in [0.29, 0.717) is 6.04 Å². The predicted octanol–water partition coefficient (Wildman–Crippen LogP) is 3.29. The number of anilines is 2. The van der Waals surface area contributed by atoms with Gasteiger partial charge in [-0.25, -0.2) is 0 Å². The zero-order valence-corrected chi connectivity index (χ0v) is 14.1. The summed E-state index contributed by atoms with van der Waals surface area (Å²) in [5.74, 6) is -0.0730. The van der Waals surface area contributed by atoms with Crippen LogP contribution in [0.4, 0.5) is 11.4 Å². The third-order valence-corrected chi connectivity index (χ3v) is 5.07. The van der Waals surface area contributed by atoms with Crippen LogP contribution in [0.3, 0.4) is 0 Å². The second kappa shape index (κ2) is 8.18. The van der Waals surface area contributed by atoms with E-state index in [4.69, 9.17) is 0 Å². The molecule has 0 bridgehead atoms. The normalized spacial score (nSPS) is 18.5. The van der Waals surface area contributed by atoms with E-state index in [1.807, 2.05) is 24.3 Å². The molecule has 2 fully saturated rings. The number of carbonyl (C=O) groups excluding carboxylic acids is 2. The Morgan fingerprint density at radius 1 is 0.917 bits per heavy atom. The number of hydrogen-bond donors (Lipinski definition) is 3. The molecule has 0 aliphatic heterocycles. The summed E-state index contributed by atoms with van der Waals surface area (Å²) < 4.78 is 0. The summed E-state index contributed by atoms with van der Waals surface area (Å²) in [5.41, 5.74) is 1.74. The van der Waals surface area contributed by atoms with Crippen LogP contribution in [0, 0.1) is 5.92 Å². The van der Waals surface area contributed by atoms with Gasteiger partial charge in [-0.2, -0.15) is 0 Å². The summed E-state index contributed by atoms with van der Waals surface area (Å²) in [6.07, 6.45) is 9.01. The number of amides is 2. The van der Waals surface area contributed by atoms with E-state index in [2.05, 4.69) is 16.0 Å². The maximum atomic E-state index is 12.2. The zero-order valence-electron chi connectivity index (χ0n) is 14.1. The molecule has 1 aromatic carbocycles. The third kappa shape index (κ3) is 4.49. The molecule has 130 valence electrons. The summed E-state index contributed by atoms with van der Waals surface area (Å²) >= 11 is 0. The van der Waals surface area contributed by atoms with Crippen LogP contribution in [0.15, 0.2) is 24.3 Å². The predicted molar refractivity (Wildman–Crippen MR) is 95.9 cm³/mol. The molecular weight excluding hydrogens is 302 g/mol. The highest BCUT2D eigenvalue weighted by atomic mass is 16.2. The molecule has 0 unspecified atom stereocenters. The molecule has 0 spiro atoms. The number of para-hydroxylation sites is 2. The molecule has 3 rings (SSSR count). The van der Waals surface area contributed by atoms with Gasteiger partial charge in [0.15, 0.2) is 0 Å². The summed E-state index contributed by atoms with van der Waals surface area (Å²) in [6.45, 7) is 0.0348. The summed E-state index contributed by atoms with van der Waals surface area (Å²) in [7, 11) is 0. The van der Waals surface area contributed by atoms with Crippen molar-refractivity contribution in [3.05, 3.63) is 24.3 Å². The van der Waals surface area contributed by atoms with Gasteiger partial charge in [0.1, 0.15) is 0 Å². The van der Waals surface area contributed by atoms with Crippen LogP contribution in [0.1, 0.15) is 51.4 Å². The summed E-state index contributed by atoms with van der Waals surface area (Å²) in [6, 6.07) is 8.26. The molecule has 1 aromatic rings. The van der Waals surface area contributed by atoms with Crippen molar-refractivity contribution in [3.63, 3.8) is 0 Å². The average Bonchev–Trinajstić information content (AvgIpc) is 3.28. The lowest BCUT2D eigenvalue weighted by molar-refractivity contribution is -0.127. The first kappa shape index (κ1) is 16.8. The average molecular weight is 329 g/mol. The molecule has 3 N–H and O–H groups in total. The van der Waals surface area contributed by atoms with Crippen molar-refractivity contribution in [1.29, 1.82) is 0 Å². The van der Waals surface area contributed by atoms with Gasteiger partial charge in [0.2, 0.25) is 11.8 Å². The van der Waals surface area contributed by atoms with Crippen LogP contribution < -0.4 is 16.0 Å². The molecule has 2 aliphatic carbocycles. The highest BCUT2D eigenvalue weighted by Gasteiger charge is 2.23. The van der Waals surface area contributed by atoms with Crippen LogP contribution in [0.5, 0.6) is 0 Å². The van der Waals surface area contributed by atoms with Crippen LogP contribution in [-0.2, 0) is 9.59 Å². The Balaban J connectivity index is 1.51. The van der Waals surface area contributed by atoms with Crippen LogP contribution in [-0.4, -0.2) is 24.4 Å². The Hall–Kier alpha value is -2.04. The fourth-order valence-corrected chi connectivity index (χ4v) is 3.70. The van der Waals surface area contributed by atoms with Gasteiger partial charge in [-0.15, -0.1) is 0 Å². The minimum Gasteiger partial charge on any atom is -0.381 e. The summed E-state index contributed by atoms with van der Waals surface area (Å²) in [4.78, 5) is 24.2. The van der Waals surface area contributed by atoms with E-state index in [9.17, 15) is 9.59 Å². The maximum absolute atomic E-state index is 12.2. The first-order valence-electron chi connectivity index (χ1n) is 9.15. The second-order valence-corrected chi connectivity index (χ2v) is 6.92. The Morgan fingerprint density at radius 3 is 2.25 bits per heavy atom. The number of carbonyl (C=O) groups is 2. The third-order valence-electron chi connectivity index (χ3n) is 5.07. The minimum absolute atomic E-state index is 0.0139. The largest absolute Gasteiger partial charge is 0.381 e. The fourth-order valence-electron chi connectivity index (χ4n) is 3.70. The highest BCUT2D eigenvalue weighted by Crippen LogP contribution is 2.27. The Morgan fingerprint density at radius 2 is 1.54 bits per heavy atom. The highest BCUT2D eigenvalue weighted by molar-refractivity contribution is 5.97. The van der Waals surface area contributed by atoms with Crippen molar-refractivity contribution in [1.82, 2.24) is 5.32 Å². The number of rotatable bonds is 6. The smallest absolute Gasteiger partial charge is 0.243 e. The SMILES string of the molecule is O=C(CNC(=O)C1CCCC1)Nc1ccccc1NC1CCCC1. The molecule has 24 heavy (non-hydrogen) atoms. The van der Waals surface area contributed by atoms with E-state index in [1.165, 1.54) is 25.7 Å². The van der Waals surface area contributed by atoms with E-state index >= 15 is 0 Å². The minimum atomic E-state index is -0.179. The monoisotopic (exact) mass is 329 g/mol. The van der Waals surface area contributed by atoms with Gasteiger partial charge in [-0.3, -0.25) is 9.59 Å². The lowest BCUT2D eigenvalue weighted by Gasteiger charge is -2.18. The van der Waals surface area contributed by atoms with Gasteiger partial charge < -0.3 is 16.0 Å². The zero-order chi connectivity index (χ0) is 16.8. The van der Waals surface area contributed by atoms with Crippen LogP contribution >= 0.6 is 0 Å². The maximum Gasteiger partial charge on any atom is 0.243 e. The van der Waals surface area contributed by atoms with Gasteiger partial charge in [0, 0.05) is 12.0 Å². The Bertz CT molecular complexity index is 576. The second-order valence-electron chi connectivity index (χ2n) is 6.92. The van der Waals surface area contributed by atoms with Crippen LogP contribution in [0.2, 0.25) is 0 Å². The quantitative estimate of drug-likeness (QED) is 0.750. The van der Waals surface area contributed by atoms with Crippen molar-refractivity contribution in [2.24, 2.45) is 5.92 Å². The van der Waals surface area contributed by atoms with Crippen molar-refractivity contribution >= 4 is 23.2 Å². The van der Waals surface area contributed by atoms with Crippen molar-refractivity contribution in [3.8, 4) is 0 Å². The standard InChI is InChI=1S/C19H27N3O2/c23-18(13-20-19(24)14-7-1-2-8-14)22-17-12-6-5-11-16(17)21-15-9-3-4-10-15/h5-6,11-12,14-15,21H,1-4,7-10,13H2,(H,20,24)(H,22,23). The van der Waals surface area contributed by atoms with E-state index in [-0.39, 0.29) is 24.3 Å².